The van der Waals surface area contributed by atoms with E-state index in [9.17, 15) is 9.59 Å². The van der Waals surface area contributed by atoms with Crippen molar-refractivity contribution in [2.45, 2.75) is 57.2 Å². The molecule has 1 N–H and O–H groups in total. The predicted molar refractivity (Wildman–Crippen MR) is 124 cm³/mol. The fourth-order valence-corrected chi connectivity index (χ4v) is 5.61. The van der Waals surface area contributed by atoms with E-state index in [1.807, 2.05) is 48.5 Å². The number of anilines is 1. The molecule has 5 rings (SSSR count). The minimum Gasteiger partial charge on any atom is -0.370 e. The molecule has 3 atom stereocenters. The van der Waals surface area contributed by atoms with Gasteiger partial charge in [0.1, 0.15) is 0 Å². The highest BCUT2D eigenvalue weighted by atomic mass is 16.5. The van der Waals surface area contributed by atoms with E-state index in [0.29, 0.717) is 18.2 Å². The summed E-state index contributed by atoms with van der Waals surface area (Å²) in [4.78, 5) is 27.4. The number of carbonyl (C=O) groups excluding carboxylic acids is 2. The van der Waals surface area contributed by atoms with E-state index in [1.165, 1.54) is 12.8 Å². The zero-order valence-electron chi connectivity index (χ0n) is 18.5. The largest absolute Gasteiger partial charge is 0.370 e. The quantitative estimate of drug-likeness (QED) is 0.743. The van der Waals surface area contributed by atoms with Crippen molar-refractivity contribution < 1.29 is 14.3 Å². The molecule has 2 amide bonds. The number of nitrogens with zero attached hydrogens (tertiary/aromatic N) is 1. The van der Waals surface area contributed by atoms with Crippen LogP contribution in [0.2, 0.25) is 0 Å². The van der Waals surface area contributed by atoms with Crippen LogP contribution < -0.4 is 5.32 Å². The molecule has 168 valence electrons. The number of benzene rings is 2. The van der Waals surface area contributed by atoms with E-state index >= 15 is 0 Å². The summed E-state index contributed by atoms with van der Waals surface area (Å²) < 4.78 is 6.41. The Labute approximate surface area is 190 Å². The van der Waals surface area contributed by atoms with E-state index in [4.69, 9.17) is 4.74 Å². The van der Waals surface area contributed by atoms with Crippen LogP contribution in [0.3, 0.4) is 0 Å². The highest BCUT2D eigenvalue weighted by Crippen LogP contribution is 2.42. The van der Waals surface area contributed by atoms with Crippen molar-refractivity contribution in [1.29, 1.82) is 0 Å². The maximum Gasteiger partial charge on any atom is 0.228 e. The number of carbonyl (C=O) groups is 2. The Hall–Kier alpha value is -2.66. The third-order valence-electron chi connectivity index (χ3n) is 7.29. The van der Waals surface area contributed by atoms with Gasteiger partial charge >= 0.3 is 0 Å². The van der Waals surface area contributed by atoms with E-state index in [2.05, 4.69) is 16.3 Å². The molecule has 1 aliphatic carbocycles. The van der Waals surface area contributed by atoms with Crippen molar-refractivity contribution in [3.63, 3.8) is 0 Å². The molecule has 2 aromatic rings. The van der Waals surface area contributed by atoms with Crippen molar-refractivity contribution in [1.82, 2.24) is 4.90 Å². The maximum absolute atomic E-state index is 12.9. The molecular weight excluding hydrogens is 400 g/mol. The van der Waals surface area contributed by atoms with Gasteiger partial charge in [0.2, 0.25) is 11.8 Å². The lowest BCUT2D eigenvalue weighted by molar-refractivity contribution is -0.138. The maximum atomic E-state index is 12.9. The number of nitrogens with one attached hydrogen (secondary N) is 1. The molecule has 2 saturated heterocycles. The molecule has 5 nitrogen and oxygen atoms in total. The van der Waals surface area contributed by atoms with Crippen LogP contribution in [-0.2, 0) is 20.7 Å². The predicted octanol–water partition coefficient (Wildman–Crippen LogP) is 4.74. The third-order valence-corrected chi connectivity index (χ3v) is 7.29. The average Bonchev–Trinajstić information content (AvgIpc) is 3.49. The van der Waals surface area contributed by atoms with Gasteiger partial charge in [0, 0.05) is 30.6 Å². The van der Waals surface area contributed by atoms with Gasteiger partial charge in [0.15, 0.2) is 0 Å². The van der Waals surface area contributed by atoms with Gasteiger partial charge in [-0.2, -0.15) is 0 Å². The van der Waals surface area contributed by atoms with Crippen molar-refractivity contribution in [2.75, 3.05) is 18.4 Å². The minimum absolute atomic E-state index is 0.0181. The monoisotopic (exact) mass is 432 g/mol. The molecule has 0 radical (unpaired) electrons. The lowest BCUT2D eigenvalue weighted by atomic mass is 9.90. The van der Waals surface area contributed by atoms with Gasteiger partial charge in [0.25, 0.3) is 0 Å². The first kappa shape index (κ1) is 21.2. The number of hydrogen-bond donors (Lipinski definition) is 1. The molecule has 2 aliphatic heterocycles. The Bertz CT molecular complexity index is 954. The number of piperidine rings is 1. The fourth-order valence-electron chi connectivity index (χ4n) is 5.61. The van der Waals surface area contributed by atoms with Crippen LogP contribution in [0, 0.1) is 11.8 Å². The van der Waals surface area contributed by atoms with Crippen molar-refractivity contribution in [3.8, 4) is 0 Å². The Morgan fingerprint density at radius 2 is 1.81 bits per heavy atom. The normalized spacial score (nSPS) is 25.5. The molecular formula is C27H32N2O3. The average molecular weight is 433 g/mol. The number of amides is 2. The van der Waals surface area contributed by atoms with E-state index in [1.54, 1.807) is 0 Å². The Morgan fingerprint density at radius 3 is 2.62 bits per heavy atom. The van der Waals surface area contributed by atoms with Crippen LogP contribution in [0.5, 0.6) is 0 Å². The van der Waals surface area contributed by atoms with Crippen molar-refractivity contribution >= 4 is 17.5 Å². The molecule has 1 saturated carbocycles. The Balaban J connectivity index is 1.19. The second kappa shape index (κ2) is 9.45. The van der Waals surface area contributed by atoms with E-state index < -0.39 is 0 Å². The van der Waals surface area contributed by atoms with Gasteiger partial charge in [-0.25, -0.2) is 0 Å². The SMILES string of the molecule is O=C(Cc1ccccc1)Nc1cccc(C2CC3CN(C(=O)C4CCCC4)CCC3O2)c1. The summed E-state index contributed by atoms with van der Waals surface area (Å²) >= 11 is 0. The number of hydrogen-bond acceptors (Lipinski definition) is 3. The highest BCUT2D eigenvalue weighted by molar-refractivity contribution is 5.92. The number of ether oxygens (including phenoxy) is 1. The lowest BCUT2D eigenvalue weighted by Gasteiger charge is -2.35. The van der Waals surface area contributed by atoms with Crippen LogP contribution in [0.25, 0.3) is 0 Å². The molecule has 0 aromatic heterocycles. The summed E-state index contributed by atoms with van der Waals surface area (Å²) in [6.07, 6.45) is 6.98. The summed E-state index contributed by atoms with van der Waals surface area (Å²) in [7, 11) is 0. The molecule has 2 heterocycles. The summed E-state index contributed by atoms with van der Waals surface area (Å²) in [5, 5.41) is 3.02. The molecule has 0 spiro atoms. The second-order valence-electron chi connectivity index (χ2n) is 9.55. The molecule has 2 aromatic carbocycles. The van der Waals surface area contributed by atoms with Crippen LogP contribution in [0.15, 0.2) is 54.6 Å². The minimum atomic E-state index is -0.0181. The number of likely N-dealkylation sites (tertiary alicyclic amines) is 1. The smallest absolute Gasteiger partial charge is 0.228 e. The topological polar surface area (TPSA) is 58.6 Å². The van der Waals surface area contributed by atoms with Gasteiger partial charge < -0.3 is 15.0 Å². The first-order valence-corrected chi connectivity index (χ1v) is 12.0. The van der Waals surface area contributed by atoms with E-state index in [0.717, 1.165) is 55.6 Å². The van der Waals surface area contributed by atoms with E-state index in [-0.39, 0.29) is 24.0 Å². The standard InChI is InChI=1S/C27H32N2O3/c30-26(15-19-7-2-1-3-8-19)28-23-12-6-11-21(16-23)25-17-22-18-29(14-13-24(22)32-25)27(31)20-9-4-5-10-20/h1-3,6-8,11-12,16,20,22,24-25H,4-5,9-10,13-15,17-18H2,(H,28,30). The van der Waals surface area contributed by atoms with Crippen LogP contribution in [0.4, 0.5) is 5.69 Å². The number of rotatable bonds is 5. The number of fused-ring (bicyclic) bond motifs is 1. The summed E-state index contributed by atoms with van der Waals surface area (Å²) in [5.74, 6) is 0.999. The van der Waals surface area contributed by atoms with Gasteiger partial charge in [-0.15, -0.1) is 0 Å². The molecule has 32 heavy (non-hydrogen) atoms. The van der Waals surface area contributed by atoms with Gasteiger partial charge in [-0.3, -0.25) is 9.59 Å². The van der Waals surface area contributed by atoms with Crippen LogP contribution in [-0.4, -0.2) is 35.9 Å². The zero-order valence-corrected chi connectivity index (χ0v) is 18.5. The molecule has 3 unspecified atom stereocenters. The fraction of sp³-hybridized carbons (Fsp3) is 0.481. The highest BCUT2D eigenvalue weighted by Gasteiger charge is 2.41. The zero-order chi connectivity index (χ0) is 21.9. The Morgan fingerprint density at radius 1 is 1.00 bits per heavy atom. The molecule has 0 bridgehead atoms. The summed E-state index contributed by atoms with van der Waals surface area (Å²) in [6.45, 7) is 1.64. The van der Waals surface area contributed by atoms with Crippen LogP contribution in [0.1, 0.15) is 55.8 Å². The second-order valence-corrected chi connectivity index (χ2v) is 9.55. The third kappa shape index (κ3) is 4.73. The van der Waals surface area contributed by atoms with Crippen molar-refractivity contribution in [2.24, 2.45) is 11.8 Å². The lowest BCUT2D eigenvalue weighted by Crippen LogP contribution is -2.46. The molecule has 3 fully saturated rings. The molecule has 5 heteroatoms. The van der Waals surface area contributed by atoms with Crippen molar-refractivity contribution in [3.05, 3.63) is 65.7 Å². The van der Waals surface area contributed by atoms with Gasteiger partial charge in [0.05, 0.1) is 18.6 Å². The Kier molecular flexibility index (Phi) is 6.26. The first-order valence-electron chi connectivity index (χ1n) is 12.0. The summed E-state index contributed by atoms with van der Waals surface area (Å²) in [6, 6.07) is 17.8. The van der Waals surface area contributed by atoms with Crippen LogP contribution >= 0.6 is 0 Å². The first-order chi connectivity index (χ1) is 15.7. The summed E-state index contributed by atoms with van der Waals surface area (Å²) in [5.41, 5.74) is 2.91. The van der Waals surface area contributed by atoms with Gasteiger partial charge in [-0.05, 0) is 48.9 Å². The molecule has 3 aliphatic rings. The van der Waals surface area contributed by atoms with Gasteiger partial charge in [-0.1, -0.05) is 55.3 Å².